The first-order valence-corrected chi connectivity index (χ1v) is 9.14. The van der Waals surface area contributed by atoms with E-state index in [0.717, 1.165) is 43.9 Å². The summed E-state index contributed by atoms with van der Waals surface area (Å²) in [5.74, 6) is -3.85. The lowest BCUT2D eigenvalue weighted by Gasteiger charge is -2.34. The van der Waals surface area contributed by atoms with E-state index in [1.807, 2.05) is 18.2 Å². The quantitative estimate of drug-likeness (QED) is 0.429. The second-order valence-electron chi connectivity index (χ2n) is 6.68. The van der Waals surface area contributed by atoms with Crippen LogP contribution in [0.3, 0.4) is 0 Å². The molecule has 0 radical (unpaired) electrons. The van der Waals surface area contributed by atoms with Crippen LogP contribution in [0.25, 0.3) is 0 Å². The number of halogens is 1. The molecule has 2 N–H and O–H groups in total. The van der Waals surface area contributed by atoms with E-state index in [1.165, 1.54) is 6.07 Å². The van der Waals surface area contributed by atoms with Gasteiger partial charge in [-0.15, -0.1) is 0 Å². The standard InChI is InChI=1S/C18H20FN3O2.C2H2O4/c19-17-6-3-4-15(12-17)13-20-8-10-21(11-9-20)14-16-5-1-2-7-18(16)22(23)24;3-1(4)2(5)6/h1-7,12H,8-11,13-14H2;(H,3,4)(H,5,6). The number of aliphatic carboxylic acids is 2. The van der Waals surface area contributed by atoms with Crippen molar-refractivity contribution in [3.63, 3.8) is 0 Å². The Hall–Kier alpha value is -3.37. The van der Waals surface area contributed by atoms with Crippen molar-refractivity contribution in [2.75, 3.05) is 26.2 Å². The molecule has 2 aromatic rings. The van der Waals surface area contributed by atoms with Gasteiger partial charge in [-0.05, 0) is 17.7 Å². The highest BCUT2D eigenvalue weighted by Gasteiger charge is 2.20. The Morgan fingerprint density at radius 2 is 1.50 bits per heavy atom. The minimum atomic E-state index is -1.82. The molecule has 0 atom stereocenters. The first-order chi connectivity index (χ1) is 14.3. The van der Waals surface area contributed by atoms with Crippen molar-refractivity contribution in [1.82, 2.24) is 9.80 Å². The minimum Gasteiger partial charge on any atom is -0.473 e. The number of hydrogen-bond acceptors (Lipinski definition) is 6. The molecule has 0 amide bonds. The van der Waals surface area contributed by atoms with Crippen LogP contribution in [-0.2, 0) is 22.7 Å². The molecule has 2 aromatic carbocycles. The number of rotatable bonds is 5. The fourth-order valence-electron chi connectivity index (χ4n) is 3.06. The number of nitrogens with zero attached hydrogens (tertiary/aromatic N) is 3. The van der Waals surface area contributed by atoms with Crippen LogP contribution in [0.2, 0.25) is 0 Å². The predicted octanol–water partition coefficient (Wildman–Crippen LogP) is 2.21. The largest absolute Gasteiger partial charge is 0.473 e. The molecule has 3 rings (SSSR count). The van der Waals surface area contributed by atoms with Gasteiger partial charge in [0.2, 0.25) is 0 Å². The van der Waals surface area contributed by atoms with Crippen LogP contribution in [0.1, 0.15) is 11.1 Å². The van der Waals surface area contributed by atoms with Crippen LogP contribution in [0.15, 0.2) is 48.5 Å². The van der Waals surface area contributed by atoms with Crippen molar-refractivity contribution in [1.29, 1.82) is 0 Å². The number of piperazine rings is 1. The molecule has 1 heterocycles. The second kappa shape index (κ2) is 11.0. The number of para-hydroxylation sites is 1. The number of carboxylic acid groups (broad SMARTS) is 2. The molecule has 10 heteroatoms. The van der Waals surface area contributed by atoms with E-state index >= 15 is 0 Å². The summed E-state index contributed by atoms with van der Waals surface area (Å²) < 4.78 is 13.2. The number of carbonyl (C=O) groups is 2. The summed E-state index contributed by atoms with van der Waals surface area (Å²) in [4.78, 5) is 33.5. The Bertz CT molecular complexity index is 888. The number of hydrogen-bond donors (Lipinski definition) is 2. The number of benzene rings is 2. The van der Waals surface area contributed by atoms with Gasteiger partial charge < -0.3 is 10.2 Å². The molecule has 0 aliphatic carbocycles. The summed E-state index contributed by atoms with van der Waals surface area (Å²) in [6.07, 6.45) is 0. The minimum absolute atomic E-state index is 0.180. The van der Waals surface area contributed by atoms with Crippen LogP contribution in [0.4, 0.5) is 10.1 Å². The SMILES string of the molecule is O=C(O)C(=O)O.O=[N+]([O-])c1ccccc1CN1CCN(Cc2cccc(F)c2)CC1. The van der Waals surface area contributed by atoms with E-state index in [0.29, 0.717) is 6.54 Å². The van der Waals surface area contributed by atoms with E-state index in [1.54, 1.807) is 24.3 Å². The maximum Gasteiger partial charge on any atom is 0.414 e. The zero-order chi connectivity index (χ0) is 22.1. The van der Waals surface area contributed by atoms with Crippen LogP contribution in [0, 0.1) is 15.9 Å². The third-order valence-electron chi connectivity index (χ3n) is 4.53. The summed E-state index contributed by atoms with van der Waals surface area (Å²) in [5, 5.41) is 25.9. The highest BCUT2D eigenvalue weighted by Crippen LogP contribution is 2.20. The molecule has 0 saturated carbocycles. The fraction of sp³-hybridized carbons (Fsp3) is 0.300. The van der Waals surface area contributed by atoms with E-state index in [-0.39, 0.29) is 16.4 Å². The number of nitro benzene ring substituents is 1. The van der Waals surface area contributed by atoms with E-state index < -0.39 is 11.9 Å². The van der Waals surface area contributed by atoms with Gasteiger partial charge in [0.05, 0.1) is 4.92 Å². The molecule has 1 aliphatic heterocycles. The zero-order valence-electron chi connectivity index (χ0n) is 16.1. The van der Waals surface area contributed by atoms with Gasteiger partial charge >= 0.3 is 11.9 Å². The molecular weight excluding hydrogens is 397 g/mol. The second-order valence-corrected chi connectivity index (χ2v) is 6.68. The van der Waals surface area contributed by atoms with Gasteiger partial charge in [-0.3, -0.25) is 19.9 Å². The molecular formula is C20H22FN3O6. The summed E-state index contributed by atoms with van der Waals surface area (Å²) in [7, 11) is 0. The van der Waals surface area contributed by atoms with Gasteiger partial charge in [0.15, 0.2) is 0 Å². The summed E-state index contributed by atoms with van der Waals surface area (Å²) >= 11 is 0. The molecule has 30 heavy (non-hydrogen) atoms. The molecule has 0 spiro atoms. The summed E-state index contributed by atoms with van der Waals surface area (Å²) in [6.45, 7) is 4.76. The van der Waals surface area contributed by atoms with Crippen molar-refractivity contribution in [3.05, 3.63) is 75.6 Å². The van der Waals surface area contributed by atoms with Gasteiger partial charge in [-0.25, -0.2) is 14.0 Å². The molecule has 1 aliphatic rings. The monoisotopic (exact) mass is 419 g/mol. The van der Waals surface area contributed by atoms with Gasteiger partial charge in [0.25, 0.3) is 5.69 Å². The molecule has 1 fully saturated rings. The lowest BCUT2D eigenvalue weighted by Crippen LogP contribution is -2.45. The number of carboxylic acids is 2. The van der Waals surface area contributed by atoms with Crippen LogP contribution in [-0.4, -0.2) is 63.1 Å². The van der Waals surface area contributed by atoms with E-state index in [2.05, 4.69) is 9.80 Å². The first kappa shape index (κ1) is 22.9. The highest BCUT2D eigenvalue weighted by molar-refractivity contribution is 6.27. The third-order valence-corrected chi connectivity index (χ3v) is 4.53. The van der Waals surface area contributed by atoms with Crippen molar-refractivity contribution < 1.29 is 29.1 Å². The van der Waals surface area contributed by atoms with Crippen molar-refractivity contribution in [2.24, 2.45) is 0 Å². The Morgan fingerprint density at radius 3 is 2.03 bits per heavy atom. The van der Waals surface area contributed by atoms with Crippen molar-refractivity contribution in [2.45, 2.75) is 13.1 Å². The molecule has 9 nitrogen and oxygen atoms in total. The molecule has 0 unspecified atom stereocenters. The average Bonchev–Trinajstić information content (AvgIpc) is 2.70. The highest BCUT2D eigenvalue weighted by atomic mass is 19.1. The maximum atomic E-state index is 13.2. The normalized spacial score (nSPS) is 14.4. The van der Waals surface area contributed by atoms with Gasteiger partial charge in [-0.1, -0.05) is 30.3 Å². The molecule has 0 aromatic heterocycles. The predicted molar refractivity (Wildman–Crippen MR) is 105 cm³/mol. The van der Waals surface area contributed by atoms with Crippen molar-refractivity contribution in [3.8, 4) is 0 Å². The fourth-order valence-corrected chi connectivity index (χ4v) is 3.06. The zero-order valence-corrected chi connectivity index (χ0v) is 16.1. The molecule has 1 saturated heterocycles. The van der Waals surface area contributed by atoms with Gasteiger partial charge in [0.1, 0.15) is 5.82 Å². The first-order valence-electron chi connectivity index (χ1n) is 9.14. The smallest absolute Gasteiger partial charge is 0.414 e. The van der Waals surface area contributed by atoms with E-state index in [4.69, 9.17) is 19.8 Å². The number of nitro groups is 1. The topological polar surface area (TPSA) is 124 Å². The van der Waals surface area contributed by atoms with Crippen LogP contribution >= 0.6 is 0 Å². The Kier molecular flexibility index (Phi) is 8.39. The Balaban J connectivity index is 0.000000469. The van der Waals surface area contributed by atoms with Crippen LogP contribution < -0.4 is 0 Å². The Labute approximate surface area is 172 Å². The molecule has 160 valence electrons. The molecule has 0 bridgehead atoms. The lowest BCUT2D eigenvalue weighted by atomic mass is 10.1. The van der Waals surface area contributed by atoms with E-state index in [9.17, 15) is 14.5 Å². The Morgan fingerprint density at radius 1 is 0.933 bits per heavy atom. The van der Waals surface area contributed by atoms with Crippen LogP contribution in [0.5, 0.6) is 0 Å². The summed E-state index contributed by atoms with van der Waals surface area (Å²) in [5.41, 5.74) is 1.91. The van der Waals surface area contributed by atoms with Gasteiger partial charge in [0, 0.05) is 50.9 Å². The lowest BCUT2D eigenvalue weighted by molar-refractivity contribution is -0.385. The third kappa shape index (κ3) is 7.22. The van der Waals surface area contributed by atoms with Gasteiger partial charge in [-0.2, -0.15) is 0 Å². The summed E-state index contributed by atoms with van der Waals surface area (Å²) in [6, 6.07) is 13.6. The van der Waals surface area contributed by atoms with Crippen molar-refractivity contribution >= 4 is 17.6 Å². The average molecular weight is 419 g/mol. The maximum absolute atomic E-state index is 13.2.